The van der Waals surface area contributed by atoms with Gasteiger partial charge >= 0.3 is 5.76 Å². The van der Waals surface area contributed by atoms with E-state index in [0.29, 0.717) is 21.2 Å². The number of hydrogen-bond donors (Lipinski definition) is 1. The Morgan fingerprint density at radius 1 is 1.16 bits per heavy atom. The molecular weight excluding hydrogens is 518 g/mol. The zero-order valence-corrected chi connectivity index (χ0v) is 22.2. The smallest absolute Gasteiger partial charge is 0.350 e. The summed E-state index contributed by atoms with van der Waals surface area (Å²) in [7, 11) is -3.65. The van der Waals surface area contributed by atoms with Crippen LogP contribution in [0.5, 0.6) is 0 Å². The first-order chi connectivity index (χ1) is 18.0. The number of carbonyl (C=O) groups is 1. The van der Waals surface area contributed by atoms with Crippen molar-refractivity contribution in [3.63, 3.8) is 0 Å². The van der Waals surface area contributed by atoms with Gasteiger partial charge in [0.15, 0.2) is 0 Å². The maximum absolute atomic E-state index is 12.6. The van der Waals surface area contributed by atoms with Crippen LogP contribution < -0.4 is 10.2 Å². The van der Waals surface area contributed by atoms with Crippen LogP contribution in [0.25, 0.3) is 22.3 Å². The molecule has 4 rings (SSSR count). The zero-order chi connectivity index (χ0) is 27.4. The molecule has 1 saturated heterocycles. The van der Waals surface area contributed by atoms with Gasteiger partial charge in [-0.1, -0.05) is 6.07 Å². The molecular formula is C25H30F2N6O4S. The summed E-state index contributed by atoms with van der Waals surface area (Å²) in [5, 5.41) is 3.32. The standard InChI is InChI=1S/C25H30F2N6O4S/c1-16-14-33(15-17(2)37-16)23-6-4-5-20(31-23)21-8-7-18-13-29-19(11-22(18)30-21)12-24(34)28-9-10-32(3)38(35,36)25(26)27/h4-8,11,13,16-17,25H,9-10,12,14-15H2,1-3H3,(H,28,34)/t16-,17+. The predicted molar refractivity (Wildman–Crippen MR) is 139 cm³/mol. The summed E-state index contributed by atoms with van der Waals surface area (Å²) in [6, 6.07) is 11.3. The predicted octanol–water partition coefficient (Wildman–Crippen LogP) is 2.45. The largest absolute Gasteiger partial charge is 0.372 e. The summed E-state index contributed by atoms with van der Waals surface area (Å²) in [5.74, 6) is -3.07. The van der Waals surface area contributed by atoms with E-state index in [9.17, 15) is 22.0 Å². The van der Waals surface area contributed by atoms with Gasteiger partial charge in [-0.15, -0.1) is 0 Å². The van der Waals surface area contributed by atoms with Crippen LogP contribution in [0, 0.1) is 0 Å². The molecule has 0 aliphatic carbocycles. The molecule has 0 saturated carbocycles. The number of alkyl halides is 2. The lowest BCUT2D eigenvalue weighted by Crippen LogP contribution is -2.45. The van der Waals surface area contributed by atoms with Crippen LogP contribution >= 0.6 is 0 Å². The number of pyridine rings is 3. The number of hydrogen-bond acceptors (Lipinski definition) is 8. The van der Waals surface area contributed by atoms with Crippen LogP contribution in [-0.2, 0) is 26.0 Å². The second kappa shape index (κ2) is 11.6. The van der Waals surface area contributed by atoms with E-state index in [4.69, 9.17) is 14.7 Å². The van der Waals surface area contributed by atoms with Gasteiger partial charge in [-0.25, -0.2) is 18.4 Å². The van der Waals surface area contributed by atoms with E-state index in [1.807, 2.05) is 44.2 Å². The van der Waals surface area contributed by atoms with Crippen molar-refractivity contribution in [2.45, 2.75) is 38.2 Å². The lowest BCUT2D eigenvalue weighted by Gasteiger charge is -2.36. The molecule has 0 aromatic carbocycles. The van der Waals surface area contributed by atoms with E-state index in [2.05, 4.69) is 15.2 Å². The molecule has 2 atom stereocenters. The van der Waals surface area contributed by atoms with Gasteiger partial charge in [-0.3, -0.25) is 9.78 Å². The highest BCUT2D eigenvalue weighted by Gasteiger charge is 2.28. The number of fused-ring (bicyclic) bond motifs is 1. The summed E-state index contributed by atoms with van der Waals surface area (Å²) in [6.45, 7) is 5.20. The fourth-order valence-electron chi connectivity index (χ4n) is 4.25. The minimum absolute atomic E-state index is 0.0751. The third-order valence-corrected chi connectivity index (χ3v) is 7.62. The third kappa shape index (κ3) is 6.58. The van der Waals surface area contributed by atoms with Crippen LogP contribution in [0.4, 0.5) is 14.6 Å². The number of likely N-dealkylation sites (N-methyl/N-ethyl adjacent to an activating group) is 1. The molecule has 1 amide bonds. The lowest BCUT2D eigenvalue weighted by molar-refractivity contribution is -0.120. The molecule has 4 heterocycles. The van der Waals surface area contributed by atoms with Crippen LogP contribution in [0.3, 0.4) is 0 Å². The number of halogens is 2. The fourth-order valence-corrected chi connectivity index (χ4v) is 4.87. The van der Waals surface area contributed by atoms with Crippen molar-refractivity contribution < 1.29 is 26.7 Å². The number of anilines is 1. The first-order valence-electron chi connectivity index (χ1n) is 12.2. The number of carbonyl (C=O) groups excluding carboxylic acids is 1. The Hall–Kier alpha value is -3.29. The number of sulfonamides is 1. The summed E-state index contributed by atoms with van der Waals surface area (Å²) in [6.07, 6.45) is 1.77. The summed E-state index contributed by atoms with van der Waals surface area (Å²) in [4.78, 5) is 28.4. The highest BCUT2D eigenvalue weighted by atomic mass is 32.2. The summed E-state index contributed by atoms with van der Waals surface area (Å²) < 4.78 is 54.3. The Labute approximate surface area is 220 Å². The Morgan fingerprint density at radius 2 is 1.87 bits per heavy atom. The van der Waals surface area contributed by atoms with Crippen molar-refractivity contribution in [1.82, 2.24) is 24.6 Å². The van der Waals surface area contributed by atoms with Gasteiger partial charge < -0.3 is 15.0 Å². The van der Waals surface area contributed by atoms with Gasteiger partial charge in [0.1, 0.15) is 5.82 Å². The molecule has 0 unspecified atom stereocenters. The number of aromatic nitrogens is 3. The minimum Gasteiger partial charge on any atom is -0.372 e. The highest BCUT2D eigenvalue weighted by molar-refractivity contribution is 7.89. The zero-order valence-electron chi connectivity index (χ0n) is 21.3. The summed E-state index contributed by atoms with van der Waals surface area (Å²) >= 11 is 0. The Balaban J connectivity index is 1.44. The average molecular weight is 549 g/mol. The molecule has 1 fully saturated rings. The molecule has 1 N–H and O–H groups in total. The van der Waals surface area contributed by atoms with Crippen molar-refractivity contribution >= 4 is 32.7 Å². The number of morpholine rings is 1. The number of nitrogens with zero attached hydrogens (tertiary/aromatic N) is 5. The van der Waals surface area contributed by atoms with E-state index in [-0.39, 0.29) is 31.7 Å². The molecule has 0 spiro atoms. The first kappa shape index (κ1) is 27.7. The van der Waals surface area contributed by atoms with E-state index in [1.165, 1.54) is 0 Å². The van der Waals surface area contributed by atoms with Crippen molar-refractivity contribution in [3.8, 4) is 11.4 Å². The second-order valence-electron chi connectivity index (χ2n) is 9.26. The normalized spacial score (nSPS) is 18.3. The van der Waals surface area contributed by atoms with Crippen LogP contribution in [0.2, 0.25) is 0 Å². The van der Waals surface area contributed by atoms with Crippen molar-refractivity contribution in [1.29, 1.82) is 0 Å². The molecule has 3 aromatic rings. The molecule has 0 radical (unpaired) electrons. The number of ether oxygens (including phenoxy) is 1. The van der Waals surface area contributed by atoms with Gasteiger partial charge in [-0.2, -0.15) is 13.1 Å². The second-order valence-corrected chi connectivity index (χ2v) is 11.3. The lowest BCUT2D eigenvalue weighted by atomic mass is 10.1. The fraction of sp³-hybridized carbons (Fsp3) is 0.440. The Kier molecular flexibility index (Phi) is 8.48. The van der Waals surface area contributed by atoms with Gasteiger partial charge in [0.05, 0.1) is 41.2 Å². The molecule has 38 heavy (non-hydrogen) atoms. The SMILES string of the molecule is C[C@@H]1CN(c2cccc(-c3ccc4cnc(CC(=O)NCCN(C)S(=O)(=O)C(F)F)cc4n3)n2)C[C@H](C)O1. The molecule has 3 aromatic heterocycles. The monoisotopic (exact) mass is 548 g/mol. The van der Waals surface area contributed by atoms with Crippen LogP contribution in [0.1, 0.15) is 19.5 Å². The summed E-state index contributed by atoms with van der Waals surface area (Å²) in [5.41, 5.74) is 2.50. The molecule has 1 aliphatic rings. The molecule has 10 nitrogen and oxygen atoms in total. The first-order valence-corrected chi connectivity index (χ1v) is 13.7. The quantitative estimate of drug-likeness (QED) is 0.433. The van der Waals surface area contributed by atoms with Crippen molar-refractivity contribution in [2.75, 3.05) is 38.1 Å². The van der Waals surface area contributed by atoms with Crippen LogP contribution in [-0.4, -0.2) is 84.8 Å². The number of amides is 1. The van der Waals surface area contributed by atoms with Gasteiger partial charge in [0.2, 0.25) is 5.91 Å². The van der Waals surface area contributed by atoms with Crippen LogP contribution in [0.15, 0.2) is 42.6 Å². The average Bonchev–Trinajstić information content (AvgIpc) is 2.87. The topological polar surface area (TPSA) is 118 Å². The van der Waals surface area contributed by atoms with Gasteiger partial charge in [0.25, 0.3) is 10.0 Å². The van der Waals surface area contributed by atoms with Gasteiger partial charge in [-0.05, 0) is 44.2 Å². The van der Waals surface area contributed by atoms with E-state index >= 15 is 0 Å². The molecule has 13 heteroatoms. The van der Waals surface area contributed by atoms with Gasteiger partial charge in [0, 0.05) is 44.8 Å². The van der Waals surface area contributed by atoms with E-state index in [0.717, 1.165) is 37.0 Å². The third-order valence-electron chi connectivity index (χ3n) is 6.12. The van der Waals surface area contributed by atoms with E-state index in [1.54, 1.807) is 12.3 Å². The number of nitrogens with one attached hydrogen (secondary N) is 1. The molecule has 0 bridgehead atoms. The maximum Gasteiger partial charge on any atom is 0.350 e. The Bertz CT molecular complexity index is 1400. The maximum atomic E-state index is 12.6. The molecule has 204 valence electrons. The number of rotatable bonds is 9. The molecule has 1 aliphatic heterocycles. The van der Waals surface area contributed by atoms with Crippen molar-refractivity contribution in [3.05, 3.63) is 48.3 Å². The highest BCUT2D eigenvalue weighted by Crippen LogP contribution is 2.24. The minimum atomic E-state index is -4.68. The van der Waals surface area contributed by atoms with E-state index < -0.39 is 21.7 Å². The van der Waals surface area contributed by atoms with Crippen molar-refractivity contribution in [2.24, 2.45) is 0 Å². The Morgan fingerprint density at radius 3 is 2.58 bits per heavy atom.